The maximum atomic E-state index is 13.2. The Morgan fingerprint density at radius 3 is 2.50 bits per heavy atom. The molecule has 1 aromatic heterocycles. The maximum absolute atomic E-state index is 13.2. The minimum absolute atomic E-state index is 0.0248. The minimum atomic E-state index is -3.49. The summed E-state index contributed by atoms with van der Waals surface area (Å²) < 4.78 is 34.1. The number of benzene rings is 1. The predicted octanol–water partition coefficient (Wildman–Crippen LogP) is 2.58. The highest BCUT2D eigenvalue weighted by Crippen LogP contribution is 2.29. The van der Waals surface area contributed by atoms with Gasteiger partial charge in [0.05, 0.1) is 24.4 Å². The van der Waals surface area contributed by atoms with Crippen molar-refractivity contribution in [2.24, 2.45) is 0 Å². The van der Waals surface area contributed by atoms with Gasteiger partial charge in [-0.2, -0.15) is 4.31 Å². The second-order valence-electron chi connectivity index (χ2n) is 9.19. The Hall–Kier alpha value is -1.49. The first kappa shape index (κ1) is 23.7. The van der Waals surface area contributed by atoms with E-state index in [9.17, 15) is 13.5 Å². The van der Waals surface area contributed by atoms with E-state index in [1.54, 1.807) is 35.7 Å². The summed E-state index contributed by atoms with van der Waals surface area (Å²) in [6.45, 7) is 10.3. The third-order valence-corrected chi connectivity index (χ3v) is 9.47. The average Bonchev–Trinajstić information content (AvgIpc) is 3.29. The third-order valence-electron chi connectivity index (χ3n) is 6.23. The number of nitrogens with zero attached hydrogens (tertiary/aromatic N) is 3. The van der Waals surface area contributed by atoms with Crippen LogP contribution < -0.4 is 4.90 Å². The molecule has 4 rings (SSSR count). The maximum Gasteiger partial charge on any atom is 0.252 e. The zero-order chi connectivity index (χ0) is 22.9. The van der Waals surface area contributed by atoms with Crippen LogP contribution in [0.3, 0.4) is 0 Å². The zero-order valence-electron chi connectivity index (χ0n) is 19.0. The van der Waals surface area contributed by atoms with Gasteiger partial charge in [0, 0.05) is 45.0 Å². The summed E-state index contributed by atoms with van der Waals surface area (Å²) in [5.74, 6) is 0. The molecule has 176 valence electrons. The minimum Gasteiger partial charge on any atom is -0.386 e. The predicted molar refractivity (Wildman–Crippen MR) is 128 cm³/mol. The van der Waals surface area contributed by atoms with E-state index < -0.39 is 15.6 Å². The Morgan fingerprint density at radius 2 is 1.88 bits per heavy atom. The molecule has 3 heterocycles. The van der Waals surface area contributed by atoms with Gasteiger partial charge < -0.3 is 14.7 Å². The molecule has 0 bridgehead atoms. The molecule has 9 heteroatoms. The molecule has 2 atom stereocenters. The van der Waals surface area contributed by atoms with Crippen LogP contribution in [-0.4, -0.2) is 80.8 Å². The van der Waals surface area contributed by atoms with E-state index in [1.807, 2.05) is 24.3 Å². The van der Waals surface area contributed by atoms with Crippen LogP contribution in [0, 0.1) is 0 Å². The van der Waals surface area contributed by atoms with Gasteiger partial charge in [-0.3, -0.25) is 4.90 Å². The fourth-order valence-corrected chi connectivity index (χ4v) is 7.11. The number of rotatable bonds is 6. The van der Waals surface area contributed by atoms with Crippen LogP contribution in [-0.2, 0) is 20.4 Å². The lowest BCUT2D eigenvalue weighted by atomic mass is 9.98. The van der Waals surface area contributed by atoms with Crippen LogP contribution in [0.2, 0.25) is 0 Å². The van der Waals surface area contributed by atoms with E-state index in [-0.39, 0.29) is 12.1 Å². The molecule has 0 saturated carbocycles. The zero-order valence-corrected chi connectivity index (χ0v) is 20.6. The van der Waals surface area contributed by atoms with Crippen molar-refractivity contribution in [3.8, 4) is 0 Å². The number of morpholine rings is 1. The highest BCUT2D eigenvalue weighted by molar-refractivity contribution is 7.91. The molecule has 2 aliphatic rings. The lowest BCUT2D eigenvalue weighted by Gasteiger charge is -2.45. The molecule has 0 radical (unpaired) electrons. The van der Waals surface area contributed by atoms with E-state index in [4.69, 9.17) is 4.74 Å². The van der Waals surface area contributed by atoms with E-state index >= 15 is 0 Å². The SMILES string of the molecule is C[C@@H]1CN(C[C@@H]2CN(S(=O)(=O)c3cccs3)CCN2c2ccc(C(C)(C)O)cc2)CCO1. The van der Waals surface area contributed by atoms with Crippen molar-refractivity contribution in [1.29, 1.82) is 0 Å². The fraction of sp³-hybridized carbons (Fsp3) is 0.565. The van der Waals surface area contributed by atoms with E-state index in [0.717, 1.165) is 30.9 Å². The molecule has 7 nitrogen and oxygen atoms in total. The van der Waals surface area contributed by atoms with Gasteiger partial charge in [-0.1, -0.05) is 18.2 Å². The molecule has 2 aromatic rings. The van der Waals surface area contributed by atoms with Crippen molar-refractivity contribution in [2.75, 3.05) is 50.8 Å². The lowest BCUT2D eigenvalue weighted by molar-refractivity contribution is -0.0210. The molecule has 0 unspecified atom stereocenters. The first-order valence-electron chi connectivity index (χ1n) is 11.1. The van der Waals surface area contributed by atoms with Gasteiger partial charge in [-0.15, -0.1) is 11.3 Å². The van der Waals surface area contributed by atoms with Gasteiger partial charge in [0.15, 0.2) is 0 Å². The van der Waals surface area contributed by atoms with Crippen molar-refractivity contribution in [3.05, 3.63) is 47.3 Å². The van der Waals surface area contributed by atoms with Gasteiger partial charge in [-0.25, -0.2) is 8.42 Å². The summed E-state index contributed by atoms with van der Waals surface area (Å²) >= 11 is 1.27. The molecular weight excluding hydrogens is 446 g/mol. The quantitative estimate of drug-likeness (QED) is 0.687. The Bertz CT molecular complexity index is 987. The van der Waals surface area contributed by atoms with Crippen LogP contribution in [0.5, 0.6) is 0 Å². The lowest BCUT2D eigenvalue weighted by Crippen LogP contribution is -2.59. The molecule has 0 spiro atoms. The molecule has 1 aromatic carbocycles. The van der Waals surface area contributed by atoms with Crippen LogP contribution in [0.4, 0.5) is 5.69 Å². The van der Waals surface area contributed by atoms with Gasteiger partial charge in [-0.05, 0) is 49.9 Å². The number of hydrogen-bond acceptors (Lipinski definition) is 7. The number of sulfonamides is 1. The largest absolute Gasteiger partial charge is 0.386 e. The van der Waals surface area contributed by atoms with Crippen molar-refractivity contribution in [2.45, 2.75) is 42.7 Å². The molecular formula is C23H33N3O4S2. The summed E-state index contributed by atoms with van der Waals surface area (Å²) in [7, 11) is -3.49. The van der Waals surface area contributed by atoms with Crippen molar-refractivity contribution in [3.63, 3.8) is 0 Å². The van der Waals surface area contributed by atoms with Crippen LogP contribution in [0.25, 0.3) is 0 Å². The molecule has 32 heavy (non-hydrogen) atoms. The normalized spacial score (nSPS) is 24.1. The Morgan fingerprint density at radius 1 is 1.12 bits per heavy atom. The smallest absolute Gasteiger partial charge is 0.252 e. The Labute approximate surface area is 195 Å². The number of piperazine rings is 1. The van der Waals surface area contributed by atoms with Crippen LogP contribution in [0.1, 0.15) is 26.3 Å². The van der Waals surface area contributed by atoms with Crippen LogP contribution in [0.15, 0.2) is 46.0 Å². The Balaban J connectivity index is 1.58. The topological polar surface area (TPSA) is 73.3 Å². The summed E-state index contributed by atoms with van der Waals surface area (Å²) in [5, 5.41) is 12.1. The van der Waals surface area contributed by atoms with Gasteiger partial charge in [0.2, 0.25) is 0 Å². The second-order valence-corrected chi connectivity index (χ2v) is 12.3. The third kappa shape index (κ3) is 5.18. The van der Waals surface area contributed by atoms with Crippen molar-refractivity contribution < 1.29 is 18.3 Å². The number of anilines is 1. The van der Waals surface area contributed by atoms with Gasteiger partial charge in [0.25, 0.3) is 10.0 Å². The molecule has 2 fully saturated rings. The number of hydrogen-bond donors (Lipinski definition) is 1. The number of thiophene rings is 1. The molecule has 0 amide bonds. The van der Waals surface area contributed by atoms with Gasteiger partial charge >= 0.3 is 0 Å². The van der Waals surface area contributed by atoms with E-state index in [0.29, 0.717) is 30.5 Å². The van der Waals surface area contributed by atoms with Crippen molar-refractivity contribution in [1.82, 2.24) is 9.21 Å². The monoisotopic (exact) mass is 479 g/mol. The first-order valence-corrected chi connectivity index (χ1v) is 13.4. The fourth-order valence-electron chi connectivity index (χ4n) is 4.49. The summed E-state index contributed by atoms with van der Waals surface area (Å²) in [6, 6.07) is 11.5. The number of ether oxygens (including phenoxy) is 1. The summed E-state index contributed by atoms with van der Waals surface area (Å²) in [5.41, 5.74) is 1.02. The standard InChI is InChI=1S/C23H33N3O4S2/c1-18-15-24(12-13-30-18)16-21-17-25(32(28,29)22-5-4-14-31-22)10-11-26(21)20-8-6-19(7-9-20)23(2,3)27/h4-9,14,18,21,27H,10-13,15-17H2,1-3H3/t18-,21-/m1/s1. The summed E-state index contributed by atoms with van der Waals surface area (Å²) in [4.78, 5) is 4.69. The number of aliphatic hydroxyl groups is 1. The van der Waals surface area contributed by atoms with Gasteiger partial charge in [0.1, 0.15) is 4.21 Å². The highest BCUT2D eigenvalue weighted by atomic mass is 32.2. The van der Waals surface area contributed by atoms with E-state index in [2.05, 4.69) is 16.7 Å². The Kier molecular flexibility index (Phi) is 6.95. The average molecular weight is 480 g/mol. The summed E-state index contributed by atoms with van der Waals surface area (Å²) in [6.07, 6.45) is 0.179. The van der Waals surface area contributed by atoms with E-state index in [1.165, 1.54) is 11.3 Å². The van der Waals surface area contributed by atoms with Crippen molar-refractivity contribution >= 4 is 27.0 Å². The molecule has 2 saturated heterocycles. The molecule has 2 aliphatic heterocycles. The van der Waals surface area contributed by atoms with Crippen LogP contribution >= 0.6 is 11.3 Å². The second kappa shape index (κ2) is 9.40. The molecule has 1 N–H and O–H groups in total. The molecule has 0 aliphatic carbocycles. The highest BCUT2D eigenvalue weighted by Gasteiger charge is 2.36. The first-order chi connectivity index (χ1) is 15.1.